The van der Waals surface area contributed by atoms with E-state index in [1.54, 1.807) is 25.3 Å². The Morgan fingerprint density at radius 3 is 2.30 bits per heavy atom. The minimum absolute atomic E-state index is 0.289. The van der Waals surface area contributed by atoms with Crippen molar-refractivity contribution in [2.45, 2.75) is 6.54 Å². The topological polar surface area (TPSA) is 27.1 Å². The largest absolute Gasteiger partial charge is 0.497 e. The van der Waals surface area contributed by atoms with Crippen LogP contribution in [-0.2, 0) is 6.54 Å². The SMILES string of the molecule is COc1ccc(Cn2c(-c3ccc(F)cc3)nc3cc(Cl)c(Cl)cc32)cc1. The Morgan fingerprint density at radius 1 is 0.963 bits per heavy atom. The van der Waals surface area contributed by atoms with Crippen LogP contribution in [-0.4, -0.2) is 16.7 Å². The molecule has 3 aromatic carbocycles. The van der Waals surface area contributed by atoms with Gasteiger partial charge in [0.1, 0.15) is 17.4 Å². The smallest absolute Gasteiger partial charge is 0.141 e. The molecule has 0 fully saturated rings. The Morgan fingerprint density at radius 2 is 1.63 bits per heavy atom. The van der Waals surface area contributed by atoms with Crippen molar-refractivity contribution in [1.29, 1.82) is 0 Å². The number of hydrogen-bond donors (Lipinski definition) is 0. The van der Waals surface area contributed by atoms with Crippen molar-refractivity contribution in [2.24, 2.45) is 0 Å². The van der Waals surface area contributed by atoms with E-state index in [4.69, 9.17) is 32.9 Å². The maximum absolute atomic E-state index is 13.4. The fraction of sp³-hybridized carbons (Fsp3) is 0.0952. The molecule has 0 amide bonds. The third-order valence-electron chi connectivity index (χ3n) is 4.39. The second-order valence-electron chi connectivity index (χ2n) is 6.13. The number of hydrogen-bond acceptors (Lipinski definition) is 2. The number of rotatable bonds is 4. The predicted octanol–water partition coefficient (Wildman–Crippen LogP) is 6.21. The van der Waals surface area contributed by atoms with Gasteiger partial charge in [0, 0.05) is 12.1 Å². The molecule has 0 aliphatic rings. The van der Waals surface area contributed by atoms with Crippen LogP contribution in [0.1, 0.15) is 5.56 Å². The first-order chi connectivity index (χ1) is 13.0. The fourth-order valence-corrected chi connectivity index (χ4v) is 3.33. The normalized spacial score (nSPS) is 11.1. The molecule has 136 valence electrons. The van der Waals surface area contributed by atoms with E-state index in [0.717, 1.165) is 33.7 Å². The molecule has 0 radical (unpaired) electrons. The van der Waals surface area contributed by atoms with Gasteiger partial charge in [0.2, 0.25) is 0 Å². The average Bonchev–Trinajstić information content (AvgIpc) is 3.01. The van der Waals surface area contributed by atoms with Crippen LogP contribution in [0.4, 0.5) is 4.39 Å². The molecule has 0 saturated heterocycles. The molecule has 27 heavy (non-hydrogen) atoms. The van der Waals surface area contributed by atoms with E-state index in [-0.39, 0.29) is 5.82 Å². The van der Waals surface area contributed by atoms with Crippen LogP contribution in [0.5, 0.6) is 5.75 Å². The molecular formula is C21H15Cl2FN2O. The molecule has 0 saturated carbocycles. The lowest BCUT2D eigenvalue weighted by Gasteiger charge is -2.11. The van der Waals surface area contributed by atoms with Gasteiger partial charge in [0.25, 0.3) is 0 Å². The van der Waals surface area contributed by atoms with Gasteiger partial charge in [-0.15, -0.1) is 0 Å². The van der Waals surface area contributed by atoms with Crippen LogP contribution in [0.3, 0.4) is 0 Å². The highest BCUT2D eigenvalue weighted by atomic mass is 35.5. The molecule has 0 unspecified atom stereocenters. The first kappa shape index (κ1) is 17.8. The second kappa shape index (κ2) is 7.22. The summed E-state index contributed by atoms with van der Waals surface area (Å²) in [4.78, 5) is 4.72. The molecule has 0 aliphatic carbocycles. The van der Waals surface area contributed by atoms with E-state index in [1.165, 1.54) is 12.1 Å². The summed E-state index contributed by atoms with van der Waals surface area (Å²) in [6.07, 6.45) is 0. The summed E-state index contributed by atoms with van der Waals surface area (Å²) in [5.41, 5.74) is 3.48. The molecule has 6 heteroatoms. The summed E-state index contributed by atoms with van der Waals surface area (Å²) >= 11 is 12.4. The van der Waals surface area contributed by atoms with Crippen molar-refractivity contribution in [1.82, 2.24) is 9.55 Å². The summed E-state index contributed by atoms with van der Waals surface area (Å²) < 4.78 is 20.6. The number of imidazole rings is 1. The standard InChI is InChI=1S/C21H15Cl2FN2O/c1-27-16-8-2-13(3-9-16)12-26-20-11-18(23)17(22)10-19(20)25-21(26)14-4-6-15(24)7-5-14/h2-11H,12H2,1H3. The summed E-state index contributed by atoms with van der Waals surface area (Å²) in [6.45, 7) is 0.575. The first-order valence-electron chi connectivity index (χ1n) is 8.29. The minimum Gasteiger partial charge on any atom is -0.497 e. The quantitative estimate of drug-likeness (QED) is 0.407. The molecule has 1 heterocycles. The number of methoxy groups -OCH3 is 1. The highest BCUT2D eigenvalue weighted by Crippen LogP contribution is 2.32. The molecular weight excluding hydrogens is 386 g/mol. The van der Waals surface area contributed by atoms with Crippen molar-refractivity contribution in [3.8, 4) is 17.1 Å². The molecule has 0 spiro atoms. The molecule has 0 bridgehead atoms. The summed E-state index contributed by atoms with van der Waals surface area (Å²) in [7, 11) is 1.64. The van der Waals surface area contributed by atoms with E-state index in [9.17, 15) is 4.39 Å². The maximum Gasteiger partial charge on any atom is 0.141 e. The third-order valence-corrected chi connectivity index (χ3v) is 5.11. The van der Waals surface area contributed by atoms with Gasteiger partial charge < -0.3 is 9.30 Å². The predicted molar refractivity (Wildman–Crippen MR) is 107 cm³/mol. The molecule has 0 aliphatic heterocycles. The number of fused-ring (bicyclic) bond motifs is 1. The third kappa shape index (κ3) is 3.51. The van der Waals surface area contributed by atoms with Gasteiger partial charge in [-0.25, -0.2) is 9.37 Å². The summed E-state index contributed by atoms with van der Waals surface area (Å²) in [6, 6.07) is 17.6. The number of aromatic nitrogens is 2. The van der Waals surface area contributed by atoms with Gasteiger partial charge in [0.15, 0.2) is 0 Å². The summed E-state index contributed by atoms with van der Waals surface area (Å²) in [5.74, 6) is 1.23. The van der Waals surface area contributed by atoms with Crippen molar-refractivity contribution >= 4 is 34.2 Å². The number of benzene rings is 3. The first-order valence-corrected chi connectivity index (χ1v) is 9.05. The number of ether oxygens (including phenoxy) is 1. The van der Waals surface area contributed by atoms with E-state index >= 15 is 0 Å². The zero-order valence-corrected chi connectivity index (χ0v) is 15.9. The lowest BCUT2D eigenvalue weighted by Crippen LogP contribution is -2.02. The Balaban J connectivity index is 1.87. The molecule has 4 rings (SSSR count). The molecule has 0 atom stereocenters. The zero-order valence-electron chi connectivity index (χ0n) is 14.4. The van der Waals surface area contributed by atoms with Crippen LogP contribution in [0, 0.1) is 5.82 Å². The Labute approximate surface area is 165 Å². The monoisotopic (exact) mass is 400 g/mol. The maximum atomic E-state index is 13.4. The van der Waals surface area contributed by atoms with Gasteiger partial charge in [-0.3, -0.25) is 0 Å². The van der Waals surface area contributed by atoms with Crippen LogP contribution in [0.15, 0.2) is 60.7 Å². The lowest BCUT2D eigenvalue weighted by atomic mass is 10.2. The molecule has 3 nitrogen and oxygen atoms in total. The minimum atomic E-state index is -0.289. The van der Waals surface area contributed by atoms with E-state index in [1.807, 2.05) is 34.9 Å². The van der Waals surface area contributed by atoms with Gasteiger partial charge in [-0.05, 0) is 54.1 Å². The number of halogens is 3. The van der Waals surface area contributed by atoms with Crippen LogP contribution >= 0.6 is 23.2 Å². The van der Waals surface area contributed by atoms with Crippen LogP contribution in [0.2, 0.25) is 10.0 Å². The summed E-state index contributed by atoms with van der Waals surface area (Å²) in [5, 5.41) is 0.912. The van der Waals surface area contributed by atoms with Gasteiger partial charge in [-0.1, -0.05) is 35.3 Å². The van der Waals surface area contributed by atoms with Crippen LogP contribution < -0.4 is 4.74 Å². The highest BCUT2D eigenvalue weighted by Gasteiger charge is 2.15. The van der Waals surface area contributed by atoms with E-state index in [0.29, 0.717) is 16.6 Å². The van der Waals surface area contributed by atoms with Crippen molar-refractivity contribution < 1.29 is 9.13 Å². The Bertz CT molecular complexity index is 1110. The average molecular weight is 401 g/mol. The van der Waals surface area contributed by atoms with Crippen LogP contribution in [0.25, 0.3) is 22.4 Å². The Kier molecular flexibility index (Phi) is 4.77. The second-order valence-corrected chi connectivity index (χ2v) is 6.95. The fourth-order valence-electron chi connectivity index (χ4n) is 3.01. The van der Waals surface area contributed by atoms with Gasteiger partial charge >= 0.3 is 0 Å². The van der Waals surface area contributed by atoms with E-state index < -0.39 is 0 Å². The molecule has 4 aromatic rings. The zero-order chi connectivity index (χ0) is 19.0. The van der Waals surface area contributed by atoms with E-state index in [2.05, 4.69) is 0 Å². The van der Waals surface area contributed by atoms with Crippen molar-refractivity contribution in [2.75, 3.05) is 7.11 Å². The Hall–Kier alpha value is -2.56. The van der Waals surface area contributed by atoms with Crippen molar-refractivity contribution in [3.05, 3.63) is 82.1 Å². The molecule has 1 aromatic heterocycles. The molecule has 0 N–H and O–H groups in total. The highest BCUT2D eigenvalue weighted by molar-refractivity contribution is 6.42. The number of nitrogens with zero attached hydrogens (tertiary/aromatic N) is 2. The van der Waals surface area contributed by atoms with Gasteiger partial charge in [-0.2, -0.15) is 0 Å². The van der Waals surface area contributed by atoms with Crippen molar-refractivity contribution in [3.63, 3.8) is 0 Å². The van der Waals surface area contributed by atoms with Gasteiger partial charge in [0.05, 0.1) is 28.2 Å². The lowest BCUT2D eigenvalue weighted by molar-refractivity contribution is 0.414.